The highest BCUT2D eigenvalue weighted by molar-refractivity contribution is 7.99. The van der Waals surface area contributed by atoms with Gasteiger partial charge >= 0.3 is 0 Å². The van der Waals surface area contributed by atoms with Crippen LogP contribution in [0.4, 0.5) is 17.1 Å². The minimum atomic E-state index is -0.487. The van der Waals surface area contributed by atoms with E-state index in [2.05, 4.69) is 31.9 Å². The third-order valence-electron chi connectivity index (χ3n) is 5.32. The normalized spacial score (nSPS) is 14.1. The van der Waals surface area contributed by atoms with E-state index in [1.54, 1.807) is 12.1 Å². The molecule has 0 bridgehead atoms. The van der Waals surface area contributed by atoms with E-state index in [4.69, 9.17) is 4.42 Å². The highest BCUT2D eigenvalue weighted by atomic mass is 32.2. The van der Waals surface area contributed by atoms with Crippen molar-refractivity contribution in [2.45, 2.75) is 5.22 Å². The minimum Gasteiger partial charge on any atom is -0.411 e. The summed E-state index contributed by atoms with van der Waals surface area (Å²) in [6, 6.07) is 13.7. The Hall–Kier alpha value is -3.70. The number of amides is 1. The molecule has 1 aliphatic rings. The Balaban J connectivity index is 1.34. The van der Waals surface area contributed by atoms with Crippen LogP contribution >= 0.6 is 11.8 Å². The summed E-state index contributed by atoms with van der Waals surface area (Å²) in [4.78, 5) is 27.7. The largest absolute Gasteiger partial charge is 0.411 e. The number of carbonyl (C=O) groups excluding carboxylic acids is 1. The molecule has 0 unspecified atom stereocenters. The molecule has 1 fully saturated rings. The molecule has 0 aliphatic carbocycles. The molecule has 2 aromatic carbocycles. The first-order valence-electron chi connectivity index (χ1n) is 10.7. The van der Waals surface area contributed by atoms with Crippen LogP contribution in [-0.4, -0.2) is 64.4 Å². The second-order valence-electron chi connectivity index (χ2n) is 7.61. The van der Waals surface area contributed by atoms with Crippen molar-refractivity contribution in [3.05, 3.63) is 71.3 Å². The van der Waals surface area contributed by atoms with Crippen LogP contribution in [0.5, 0.6) is 0 Å². The summed E-state index contributed by atoms with van der Waals surface area (Å²) in [5.41, 5.74) is 2.13. The number of nitro groups is 1. The van der Waals surface area contributed by atoms with Gasteiger partial charge in [-0.25, -0.2) is 0 Å². The number of anilines is 2. The molecule has 0 saturated carbocycles. The van der Waals surface area contributed by atoms with E-state index in [-0.39, 0.29) is 28.5 Å². The van der Waals surface area contributed by atoms with Crippen LogP contribution in [0, 0.1) is 10.1 Å². The van der Waals surface area contributed by atoms with Crippen molar-refractivity contribution >= 4 is 34.7 Å². The number of thioether (sulfide) groups is 1. The number of piperazine rings is 1. The summed E-state index contributed by atoms with van der Waals surface area (Å²) in [7, 11) is 0. The molecule has 1 aromatic heterocycles. The topological polar surface area (TPSA) is 118 Å². The average Bonchev–Trinajstić information content (AvgIpc) is 3.33. The number of carbonyl (C=O) groups is 1. The van der Waals surface area contributed by atoms with Crippen molar-refractivity contribution in [3.8, 4) is 11.5 Å². The highest BCUT2D eigenvalue weighted by Gasteiger charge is 2.19. The molecule has 1 aliphatic heterocycles. The maximum absolute atomic E-state index is 12.6. The Morgan fingerprint density at radius 2 is 1.97 bits per heavy atom. The van der Waals surface area contributed by atoms with Crippen LogP contribution in [0.15, 0.2) is 70.8 Å². The zero-order valence-electron chi connectivity index (χ0n) is 18.4. The van der Waals surface area contributed by atoms with E-state index in [0.29, 0.717) is 5.56 Å². The summed E-state index contributed by atoms with van der Waals surface area (Å²) < 4.78 is 5.57. The first-order chi connectivity index (χ1) is 16.5. The number of nitrogens with zero attached hydrogens (tertiary/aromatic N) is 5. The third-order valence-corrected chi connectivity index (χ3v) is 6.13. The van der Waals surface area contributed by atoms with Gasteiger partial charge in [0.25, 0.3) is 10.9 Å². The third kappa shape index (κ3) is 5.80. The van der Waals surface area contributed by atoms with Crippen molar-refractivity contribution < 1.29 is 14.1 Å². The Labute approximate surface area is 200 Å². The molecule has 1 amide bonds. The summed E-state index contributed by atoms with van der Waals surface area (Å²) in [6.45, 7) is 8.30. The lowest BCUT2D eigenvalue weighted by Gasteiger charge is -2.36. The lowest BCUT2D eigenvalue weighted by Crippen LogP contribution is -2.46. The number of nitro benzene ring substituents is 1. The first kappa shape index (κ1) is 23.5. The monoisotopic (exact) mass is 480 g/mol. The molecule has 0 spiro atoms. The quantitative estimate of drug-likeness (QED) is 0.212. The Kier molecular flexibility index (Phi) is 7.55. The summed E-state index contributed by atoms with van der Waals surface area (Å²) in [5, 5.41) is 22.0. The fraction of sp³-hybridized carbons (Fsp3) is 0.261. The number of benzene rings is 2. The Morgan fingerprint density at radius 1 is 1.18 bits per heavy atom. The zero-order chi connectivity index (χ0) is 23.9. The predicted molar refractivity (Wildman–Crippen MR) is 131 cm³/mol. The fourth-order valence-corrected chi connectivity index (χ4v) is 4.22. The van der Waals surface area contributed by atoms with Gasteiger partial charge in [0.2, 0.25) is 11.8 Å². The van der Waals surface area contributed by atoms with Crippen LogP contribution in [-0.2, 0) is 4.79 Å². The van der Waals surface area contributed by atoms with Crippen LogP contribution in [0.25, 0.3) is 11.5 Å². The van der Waals surface area contributed by atoms with Gasteiger partial charge in [0, 0.05) is 50.4 Å². The standard InChI is InChI=1S/C23H24N6O4S/c1-2-10-27-11-13-28(14-12-27)20-9-4-3-8-19(20)24-21(30)16-34-23-26-25-22(33-23)17-6-5-7-18(15-17)29(31)32/h2-9,15H,1,10-14,16H2,(H,24,30). The van der Waals surface area contributed by atoms with E-state index in [0.717, 1.165) is 55.9 Å². The van der Waals surface area contributed by atoms with E-state index in [1.165, 1.54) is 12.1 Å². The number of aromatic nitrogens is 2. The number of hydrogen-bond donors (Lipinski definition) is 1. The Bertz CT molecular complexity index is 1180. The number of non-ortho nitro benzene ring substituents is 1. The summed E-state index contributed by atoms with van der Waals surface area (Å²) in [5.74, 6) is 0.0447. The molecule has 2 heterocycles. The molecule has 1 saturated heterocycles. The molecule has 176 valence electrons. The smallest absolute Gasteiger partial charge is 0.277 e. The van der Waals surface area contributed by atoms with Crippen LogP contribution < -0.4 is 10.2 Å². The van der Waals surface area contributed by atoms with Crippen molar-refractivity contribution in [3.63, 3.8) is 0 Å². The summed E-state index contributed by atoms with van der Waals surface area (Å²) in [6.07, 6.45) is 1.91. The molecule has 0 atom stereocenters. The minimum absolute atomic E-state index is 0.0648. The van der Waals surface area contributed by atoms with Crippen molar-refractivity contribution in [1.82, 2.24) is 15.1 Å². The first-order valence-corrected chi connectivity index (χ1v) is 11.7. The predicted octanol–water partition coefficient (Wildman–Crippen LogP) is 3.68. The van der Waals surface area contributed by atoms with Gasteiger partial charge in [0.05, 0.1) is 22.1 Å². The number of rotatable bonds is 9. The van der Waals surface area contributed by atoms with Gasteiger partial charge in [-0.05, 0) is 18.2 Å². The van der Waals surface area contributed by atoms with Gasteiger partial charge in [-0.1, -0.05) is 36.0 Å². The second-order valence-corrected chi connectivity index (χ2v) is 8.54. The van der Waals surface area contributed by atoms with Gasteiger partial charge in [-0.2, -0.15) is 0 Å². The van der Waals surface area contributed by atoms with Gasteiger partial charge in [0.15, 0.2) is 0 Å². The lowest BCUT2D eigenvalue weighted by molar-refractivity contribution is -0.384. The molecule has 11 heteroatoms. The van der Waals surface area contributed by atoms with Crippen molar-refractivity contribution in [1.29, 1.82) is 0 Å². The van der Waals surface area contributed by atoms with Gasteiger partial charge < -0.3 is 14.6 Å². The lowest BCUT2D eigenvalue weighted by atomic mass is 10.2. The molecular formula is C23H24N6O4S. The second kappa shape index (κ2) is 10.9. The highest BCUT2D eigenvalue weighted by Crippen LogP contribution is 2.28. The van der Waals surface area contributed by atoms with E-state index < -0.39 is 4.92 Å². The fourth-order valence-electron chi connectivity index (χ4n) is 3.66. The van der Waals surface area contributed by atoms with Crippen LogP contribution in [0.2, 0.25) is 0 Å². The van der Waals surface area contributed by atoms with Crippen LogP contribution in [0.1, 0.15) is 0 Å². The molecule has 4 rings (SSSR count). The maximum Gasteiger partial charge on any atom is 0.277 e. The maximum atomic E-state index is 12.6. The Morgan fingerprint density at radius 3 is 2.74 bits per heavy atom. The number of hydrogen-bond acceptors (Lipinski definition) is 9. The van der Waals surface area contributed by atoms with Crippen molar-refractivity contribution in [2.24, 2.45) is 0 Å². The van der Waals surface area contributed by atoms with Gasteiger partial charge in [-0.15, -0.1) is 16.8 Å². The van der Waals surface area contributed by atoms with E-state index in [1.807, 2.05) is 30.3 Å². The number of nitrogens with one attached hydrogen (secondary N) is 1. The molecule has 1 N–H and O–H groups in total. The average molecular weight is 481 g/mol. The van der Waals surface area contributed by atoms with E-state index >= 15 is 0 Å². The van der Waals surface area contributed by atoms with E-state index in [9.17, 15) is 14.9 Å². The zero-order valence-corrected chi connectivity index (χ0v) is 19.2. The van der Waals surface area contributed by atoms with Crippen LogP contribution in [0.3, 0.4) is 0 Å². The van der Waals surface area contributed by atoms with Crippen molar-refractivity contribution in [2.75, 3.05) is 48.7 Å². The number of para-hydroxylation sites is 2. The summed E-state index contributed by atoms with van der Waals surface area (Å²) >= 11 is 1.11. The SMILES string of the molecule is C=CCN1CCN(c2ccccc2NC(=O)CSc2nnc(-c3cccc([N+](=O)[O-])c3)o2)CC1. The molecule has 0 radical (unpaired) electrons. The molecular weight excluding hydrogens is 456 g/mol. The van der Waals surface area contributed by atoms with Gasteiger partial charge in [-0.3, -0.25) is 19.8 Å². The van der Waals surface area contributed by atoms with Gasteiger partial charge in [0.1, 0.15) is 0 Å². The molecule has 3 aromatic rings. The molecule has 34 heavy (non-hydrogen) atoms. The molecule has 10 nitrogen and oxygen atoms in total.